The van der Waals surface area contributed by atoms with Gasteiger partial charge >= 0.3 is 5.97 Å². The Kier molecular flexibility index (Phi) is 4.56. The Balaban J connectivity index is 1.82. The van der Waals surface area contributed by atoms with Crippen LogP contribution in [0.5, 0.6) is 5.75 Å². The van der Waals surface area contributed by atoms with Crippen LogP contribution in [0.4, 0.5) is 0 Å². The third-order valence-electron chi connectivity index (χ3n) is 4.43. The maximum Gasteiger partial charge on any atom is 0.341 e. The molecule has 7 nitrogen and oxygen atoms in total. The van der Waals surface area contributed by atoms with E-state index in [1.807, 2.05) is 31.2 Å². The van der Waals surface area contributed by atoms with Gasteiger partial charge in [-0.25, -0.2) is 9.48 Å². The number of aromatic nitrogens is 3. The van der Waals surface area contributed by atoms with Crippen molar-refractivity contribution in [3.05, 3.63) is 73.6 Å². The SMILES string of the molecule is Cc1ccc(-n2cc(Cn3c(=O)c(O)c(C(=O)O)c4sccc43)c(Br)n2)cc1. The van der Waals surface area contributed by atoms with Crippen LogP contribution in [0.25, 0.3) is 15.9 Å². The topological polar surface area (TPSA) is 97.3 Å². The van der Waals surface area contributed by atoms with Gasteiger partial charge in [-0.15, -0.1) is 11.3 Å². The molecule has 4 rings (SSSR count). The molecular weight excluding hydrogens is 446 g/mol. The summed E-state index contributed by atoms with van der Waals surface area (Å²) in [6.07, 6.45) is 1.79. The van der Waals surface area contributed by atoms with E-state index in [4.69, 9.17) is 0 Å². The van der Waals surface area contributed by atoms with Crippen molar-refractivity contribution in [1.82, 2.24) is 14.3 Å². The van der Waals surface area contributed by atoms with Crippen molar-refractivity contribution in [3.63, 3.8) is 0 Å². The summed E-state index contributed by atoms with van der Waals surface area (Å²) in [5.41, 5.74) is 2.07. The Morgan fingerprint density at radius 3 is 2.64 bits per heavy atom. The van der Waals surface area contributed by atoms with Gasteiger partial charge in [-0.3, -0.25) is 9.36 Å². The molecular formula is C19H14BrN3O4S. The van der Waals surface area contributed by atoms with Gasteiger partial charge in [0.15, 0.2) is 5.75 Å². The van der Waals surface area contributed by atoms with Gasteiger partial charge in [0.05, 0.1) is 22.4 Å². The molecule has 0 radical (unpaired) electrons. The first-order valence-electron chi connectivity index (χ1n) is 8.24. The van der Waals surface area contributed by atoms with Crippen LogP contribution in [-0.2, 0) is 6.54 Å². The Morgan fingerprint density at radius 2 is 1.96 bits per heavy atom. The van der Waals surface area contributed by atoms with Gasteiger partial charge in [-0.1, -0.05) is 17.7 Å². The number of carboxylic acid groups (broad SMARTS) is 1. The van der Waals surface area contributed by atoms with E-state index in [2.05, 4.69) is 21.0 Å². The standard InChI is InChI=1S/C19H14BrN3O4S/c1-10-2-4-12(5-3-10)23-9-11(17(20)21-23)8-22-13-6-7-28-16(13)14(19(26)27)15(24)18(22)25/h2-7,9,24H,8H2,1H3,(H,26,27). The van der Waals surface area contributed by atoms with Crippen LogP contribution in [0.2, 0.25) is 0 Å². The first-order chi connectivity index (χ1) is 13.4. The van der Waals surface area contributed by atoms with Gasteiger partial charge in [0, 0.05) is 11.8 Å². The van der Waals surface area contributed by atoms with Crippen LogP contribution >= 0.6 is 27.3 Å². The van der Waals surface area contributed by atoms with Gasteiger partial charge in [-0.05, 0) is 46.4 Å². The number of hydrogen-bond acceptors (Lipinski definition) is 5. The normalized spacial score (nSPS) is 11.2. The van der Waals surface area contributed by atoms with Crippen LogP contribution in [-0.4, -0.2) is 30.5 Å². The number of aromatic carboxylic acids is 1. The molecule has 0 saturated carbocycles. The minimum atomic E-state index is -1.33. The van der Waals surface area contributed by atoms with Crippen LogP contribution in [0.1, 0.15) is 21.5 Å². The predicted molar refractivity (Wildman–Crippen MR) is 110 cm³/mol. The van der Waals surface area contributed by atoms with E-state index in [0.717, 1.165) is 28.2 Å². The third-order valence-corrected chi connectivity index (χ3v) is 6.02. The highest BCUT2D eigenvalue weighted by Crippen LogP contribution is 2.30. The number of carboxylic acids is 1. The fraction of sp³-hybridized carbons (Fsp3) is 0.105. The number of halogens is 1. The first-order valence-corrected chi connectivity index (χ1v) is 9.91. The monoisotopic (exact) mass is 459 g/mol. The summed E-state index contributed by atoms with van der Waals surface area (Å²) in [4.78, 5) is 24.1. The van der Waals surface area contributed by atoms with Crippen molar-refractivity contribution in [2.75, 3.05) is 0 Å². The second-order valence-corrected chi connectivity index (χ2v) is 7.95. The predicted octanol–water partition coefficient (Wildman–Crippen LogP) is 3.77. The molecule has 28 heavy (non-hydrogen) atoms. The van der Waals surface area contributed by atoms with Crippen LogP contribution in [0.3, 0.4) is 0 Å². The molecule has 0 atom stereocenters. The average molecular weight is 460 g/mol. The fourth-order valence-corrected chi connectivity index (χ4v) is 4.34. The number of thiophene rings is 1. The number of nitrogens with zero attached hydrogens (tertiary/aromatic N) is 3. The second-order valence-electron chi connectivity index (χ2n) is 6.28. The quantitative estimate of drug-likeness (QED) is 0.483. The molecule has 0 aliphatic carbocycles. The average Bonchev–Trinajstić information content (AvgIpc) is 3.26. The van der Waals surface area contributed by atoms with Crippen molar-refractivity contribution in [2.24, 2.45) is 0 Å². The fourth-order valence-electron chi connectivity index (χ4n) is 3.00. The lowest BCUT2D eigenvalue weighted by molar-refractivity contribution is 0.0695. The zero-order valence-electron chi connectivity index (χ0n) is 14.6. The van der Waals surface area contributed by atoms with Gasteiger partial charge in [0.2, 0.25) is 0 Å². The second kappa shape index (κ2) is 6.92. The van der Waals surface area contributed by atoms with Crippen molar-refractivity contribution in [1.29, 1.82) is 0 Å². The maximum absolute atomic E-state index is 12.6. The maximum atomic E-state index is 12.6. The summed E-state index contributed by atoms with van der Waals surface area (Å²) in [5, 5.41) is 25.7. The van der Waals surface area contributed by atoms with Gasteiger partial charge in [0.25, 0.3) is 5.56 Å². The number of aryl methyl sites for hydroxylation is 1. The lowest BCUT2D eigenvalue weighted by Crippen LogP contribution is -2.22. The number of rotatable bonds is 4. The summed E-state index contributed by atoms with van der Waals surface area (Å²) >= 11 is 4.58. The number of carbonyl (C=O) groups is 1. The first kappa shape index (κ1) is 18.5. The molecule has 4 aromatic rings. The molecule has 0 aliphatic heterocycles. The molecule has 0 fully saturated rings. The van der Waals surface area contributed by atoms with E-state index in [9.17, 15) is 19.8 Å². The van der Waals surface area contributed by atoms with Crippen molar-refractivity contribution in [2.45, 2.75) is 13.5 Å². The highest BCUT2D eigenvalue weighted by Gasteiger charge is 2.23. The summed E-state index contributed by atoms with van der Waals surface area (Å²) < 4.78 is 3.96. The zero-order valence-corrected chi connectivity index (χ0v) is 17.0. The van der Waals surface area contributed by atoms with Crippen LogP contribution in [0.15, 0.2) is 51.3 Å². The minimum Gasteiger partial charge on any atom is -0.502 e. The Bertz CT molecular complexity index is 1270. The lowest BCUT2D eigenvalue weighted by Gasteiger charge is -2.10. The molecule has 1 aromatic carbocycles. The molecule has 0 unspecified atom stereocenters. The largest absolute Gasteiger partial charge is 0.502 e. The Morgan fingerprint density at radius 1 is 1.25 bits per heavy atom. The number of fused-ring (bicyclic) bond motifs is 1. The van der Waals surface area contributed by atoms with Crippen LogP contribution in [0, 0.1) is 6.92 Å². The molecule has 0 spiro atoms. The van der Waals surface area contributed by atoms with E-state index in [0.29, 0.717) is 14.8 Å². The zero-order chi connectivity index (χ0) is 20.0. The van der Waals surface area contributed by atoms with E-state index in [1.165, 1.54) is 4.57 Å². The summed E-state index contributed by atoms with van der Waals surface area (Å²) in [6, 6.07) is 9.51. The highest BCUT2D eigenvalue weighted by molar-refractivity contribution is 9.10. The van der Waals surface area contributed by atoms with Crippen molar-refractivity contribution >= 4 is 43.5 Å². The lowest BCUT2D eigenvalue weighted by atomic mass is 10.2. The number of hydrogen-bond donors (Lipinski definition) is 2. The molecule has 0 saturated heterocycles. The molecule has 0 bridgehead atoms. The molecule has 0 aliphatic rings. The number of aromatic hydroxyl groups is 1. The highest BCUT2D eigenvalue weighted by atomic mass is 79.9. The molecule has 9 heteroatoms. The van der Waals surface area contributed by atoms with E-state index < -0.39 is 17.3 Å². The van der Waals surface area contributed by atoms with E-state index in [1.54, 1.807) is 22.3 Å². The Hall–Kier alpha value is -2.91. The summed E-state index contributed by atoms with van der Waals surface area (Å²) in [5.74, 6) is -2.09. The Labute approximate surface area is 171 Å². The number of pyridine rings is 1. The van der Waals surface area contributed by atoms with Crippen molar-refractivity contribution in [3.8, 4) is 11.4 Å². The van der Waals surface area contributed by atoms with Gasteiger partial charge in [-0.2, -0.15) is 5.10 Å². The minimum absolute atomic E-state index is 0.131. The molecule has 3 heterocycles. The van der Waals surface area contributed by atoms with Crippen LogP contribution < -0.4 is 5.56 Å². The molecule has 2 N–H and O–H groups in total. The molecule has 142 valence electrons. The summed E-state index contributed by atoms with van der Waals surface area (Å²) in [6.45, 7) is 2.13. The van der Waals surface area contributed by atoms with E-state index in [-0.39, 0.29) is 12.1 Å². The summed E-state index contributed by atoms with van der Waals surface area (Å²) in [7, 11) is 0. The smallest absolute Gasteiger partial charge is 0.341 e. The van der Waals surface area contributed by atoms with Crippen molar-refractivity contribution < 1.29 is 15.0 Å². The third kappa shape index (κ3) is 3.02. The molecule has 3 aromatic heterocycles. The van der Waals surface area contributed by atoms with Gasteiger partial charge < -0.3 is 10.2 Å². The molecule has 0 amide bonds. The number of benzene rings is 1. The van der Waals surface area contributed by atoms with Gasteiger partial charge in [0.1, 0.15) is 10.2 Å². The van der Waals surface area contributed by atoms with E-state index >= 15 is 0 Å².